The first-order valence-corrected chi connectivity index (χ1v) is 8.42. The van der Waals surface area contributed by atoms with Gasteiger partial charge in [-0.25, -0.2) is 4.79 Å². The van der Waals surface area contributed by atoms with Crippen LogP contribution in [0.4, 0.5) is 0 Å². The number of allylic oxidation sites excluding steroid dienone is 1. The van der Waals surface area contributed by atoms with Gasteiger partial charge in [-0.1, -0.05) is 48.2 Å². The molecule has 0 saturated heterocycles. The molecule has 1 N–H and O–H groups in total. The number of rotatable bonds is 4. The van der Waals surface area contributed by atoms with Crippen LogP contribution in [0.1, 0.15) is 21.5 Å². The van der Waals surface area contributed by atoms with Crippen molar-refractivity contribution in [3.63, 3.8) is 0 Å². The average Bonchev–Trinajstić information content (AvgIpc) is 2.72. The van der Waals surface area contributed by atoms with Gasteiger partial charge in [0.15, 0.2) is 0 Å². The second-order valence-electron chi connectivity index (χ2n) is 5.80. The maximum Gasteiger partial charge on any atom is 0.335 e. The number of hydrogen-bond donors (Lipinski definition) is 1. The largest absolute Gasteiger partial charge is 0.497 e. The van der Waals surface area contributed by atoms with Crippen LogP contribution in [-0.4, -0.2) is 18.2 Å². The molecule has 0 fully saturated rings. The monoisotopic (exact) mass is 354 g/mol. The van der Waals surface area contributed by atoms with Crippen molar-refractivity contribution in [1.82, 2.24) is 0 Å². The SMILES string of the molecule is COc1cccc(-c2ccccc2C=CC#Cc2ccc(C(=O)O)cc2)c1. The number of ether oxygens (including phenoxy) is 1. The molecule has 3 nitrogen and oxygen atoms in total. The third-order valence-electron chi connectivity index (χ3n) is 4.04. The maximum absolute atomic E-state index is 10.9. The van der Waals surface area contributed by atoms with Gasteiger partial charge in [-0.2, -0.15) is 0 Å². The number of carbonyl (C=O) groups is 1. The number of benzene rings is 3. The van der Waals surface area contributed by atoms with Gasteiger partial charge in [0.2, 0.25) is 0 Å². The van der Waals surface area contributed by atoms with Gasteiger partial charge in [-0.05, 0) is 65.2 Å². The van der Waals surface area contributed by atoms with E-state index >= 15 is 0 Å². The van der Waals surface area contributed by atoms with E-state index in [0.717, 1.165) is 28.0 Å². The van der Waals surface area contributed by atoms with E-state index < -0.39 is 5.97 Å². The molecule has 0 aliphatic carbocycles. The van der Waals surface area contributed by atoms with E-state index in [1.807, 2.05) is 48.5 Å². The molecule has 3 aromatic rings. The molecule has 0 amide bonds. The van der Waals surface area contributed by atoms with Crippen molar-refractivity contribution >= 4 is 12.0 Å². The summed E-state index contributed by atoms with van der Waals surface area (Å²) >= 11 is 0. The molecule has 3 heteroatoms. The van der Waals surface area contributed by atoms with Crippen molar-refractivity contribution in [2.24, 2.45) is 0 Å². The normalized spacial score (nSPS) is 10.3. The zero-order valence-corrected chi connectivity index (χ0v) is 14.8. The molecule has 0 unspecified atom stereocenters. The highest BCUT2D eigenvalue weighted by atomic mass is 16.5. The van der Waals surface area contributed by atoms with Gasteiger partial charge in [0.25, 0.3) is 0 Å². The first-order chi connectivity index (χ1) is 13.2. The van der Waals surface area contributed by atoms with Crippen LogP contribution in [0.15, 0.2) is 78.9 Å². The Balaban J connectivity index is 1.81. The second kappa shape index (κ2) is 8.55. The van der Waals surface area contributed by atoms with E-state index in [0.29, 0.717) is 0 Å². The molecule has 0 heterocycles. The van der Waals surface area contributed by atoms with E-state index in [-0.39, 0.29) is 5.56 Å². The minimum absolute atomic E-state index is 0.253. The maximum atomic E-state index is 10.9. The number of carboxylic acids is 1. The molecule has 0 bridgehead atoms. The summed E-state index contributed by atoms with van der Waals surface area (Å²) in [5.74, 6) is 5.88. The Morgan fingerprint density at radius 1 is 1.00 bits per heavy atom. The van der Waals surface area contributed by atoms with E-state index in [9.17, 15) is 4.79 Å². The average molecular weight is 354 g/mol. The van der Waals surface area contributed by atoms with Crippen molar-refractivity contribution in [2.75, 3.05) is 7.11 Å². The summed E-state index contributed by atoms with van der Waals surface area (Å²) in [5, 5.41) is 8.91. The first-order valence-electron chi connectivity index (χ1n) is 8.42. The predicted molar refractivity (Wildman–Crippen MR) is 108 cm³/mol. The zero-order valence-electron chi connectivity index (χ0n) is 14.8. The van der Waals surface area contributed by atoms with Crippen molar-refractivity contribution in [3.05, 3.63) is 95.6 Å². The lowest BCUT2D eigenvalue weighted by molar-refractivity contribution is 0.0697. The number of hydrogen-bond acceptors (Lipinski definition) is 2. The van der Waals surface area contributed by atoms with Crippen LogP contribution in [0, 0.1) is 11.8 Å². The second-order valence-corrected chi connectivity index (χ2v) is 5.80. The van der Waals surface area contributed by atoms with Crippen LogP contribution in [-0.2, 0) is 0 Å². The summed E-state index contributed by atoms with van der Waals surface area (Å²) < 4.78 is 5.31. The fourth-order valence-corrected chi connectivity index (χ4v) is 2.65. The fourth-order valence-electron chi connectivity index (χ4n) is 2.65. The Hall–Kier alpha value is -3.77. The molecule has 0 spiro atoms. The first kappa shape index (κ1) is 18.0. The van der Waals surface area contributed by atoms with E-state index in [2.05, 4.69) is 17.9 Å². The Bertz CT molecular complexity index is 1030. The molecule has 0 aromatic heterocycles. The molecular formula is C24H18O3. The topological polar surface area (TPSA) is 46.5 Å². The van der Waals surface area contributed by atoms with Gasteiger partial charge in [0, 0.05) is 5.56 Å². The molecule has 0 aliphatic rings. The number of carboxylic acid groups (broad SMARTS) is 1. The zero-order chi connectivity index (χ0) is 19.1. The lowest BCUT2D eigenvalue weighted by Crippen LogP contribution is -1.94. The summed E-state index contributed by atoms with van der Waals surface area (Å²) in [5.41, 5.74) is 4.25. The lowest BCUT2D eigenvalue weighted by atomic mass is 9.99. The van der Waals surface area contributed by atoms with Gasteiger partial charge in [0.1, 0.15) is 5.75 Å². The summed E-state index contributed by atoms with van der Waals surface area (Å²) in [6, 6.07) is 22.5. The fraction of sp³-hybridized carbons (Fsp3) is 0.0417. The number of methoxy groups -OCH3 is 1. The standard InChI is InChI=1S/C24H18O3/c1-27-22-11-6-10-21(17-22)23-12-5-4-9-19(23)8-3-2-7-18-13-15-20(16-14-18)24(25)26/h3-6,8-17H,1H3,(H,25,26). The quantitative estimate of drug-likeness (QED) is 0.661. The lowest BCUT2D eigenvalue weighted by Gasteiger charge is -2.07. The Morgan fingerprint density at radius 2 is 1.78 bits per heavy atom. The van der Waals surface area contributed by atoms with Crippen LogP contribution in [0.5, 0.6) is 5.75 Å². The molecule has 132 valence electrons. The Morgan fingerprint density at radius 3 is 2.52 bits per heavy atom. The van der Waals surface area contributed by atoms with Crippen molar-refractivity contribution in [3.8, 4) is 28.7 Å². The van der Waals surface area contributed by atoms with Crippen LogP contribution in [0.25, 0.3) is 17.2 Å². The highest BCUT2D eigenvalue weighted by Gasteiger charge is 2.03. The highest BCUT2D eigenvalue weighted by molar-refractivity contribution is 5.87. The third kappa shape index (κ3) is 4.65. The molecular weight excluding hydrogens is 336 g/mol. The van der Waals surface area contributed by atoms with E-state index in [1.54, 1.807) is 37.5 Å². The molecule has 0 radical (unpaired) electrons. The van der Waals surface area contributed by atoms with Gasteiger partial charge < -0.3 is 9.84 Å². The predicted octanol–water partition coefficient (Wildman–Crippen LogP) is 5.13. The Kier molecular flexibility index (Phi) is 5.71. The van der Waals surface area contributed by atoms with Gasteiger partial charge in [0.05, 0.1) is 12.7 Å². The van der Waals surface area contributed by atoms with Crippen LogP contribution < -0.4 is 4.74 Å². The minimum Gasteiger partial charge on any atom is -0.497 e. The highest BCUT2D eigenvalue weighted by Crippen LogP contribution is 2.27. The summed E-state index contributed by atoms with van der Waals surface area (Å²) in [7, 11) is 1.66. The van der Waals surface area contributed by atoms with Crippen LogP contribution in [0.2, 0.25) is 0 Å². The summed E-state index contributed by atoms with van der Waals surface area (Å²) in [4.78, 5) is 10.9. The molecule has 0 saturated carbocycles. The number of aromatic carboxylic acids is 1. The Labute approximate surface area is 158 Å². The van der Waals surface area contributed by atoms with E-state index in [1.165, 1.54) is 0 Å². The molecule has 3 aromatic carbocycles. The molecule has 0 aliphatic heterocycles. The van der Waals surface area contributed by atoms with Crippen LogP contribution >= 0.6 is 0 Å². The van der Waals surface area contributed by atoms with Crippen molar-refractivity contribution < 1.29 is 14.6 Å². The van der Waals surface area contributed by atoms with Gasteiger partial charge >= 0.3 is 5.97 Å². The van der Waals surface area contributed by atoms with Gasteiger partial charge in [-0.15, -0.1) is 0 Å². The van der Waals surface area contributed by atoms with Crippen molar-refractivity contribution in [1.29, 1.82) is 0 Å². The smallest absolute Gasteiger partial charge is 0.335 e. The van der Waals surface area contributed by atoms with Crippen molar-refractivity contribution in [2.45, 2.75) is 0 Å². The third-order valence-corrected chi connectivity index (χ3v) is 4.04. The molecule has 3 rings (SSSR count). The van der Waals surface area contributed by atoms with Gasteiger partial charge in [-0.3, -0.25) is 0 Å². The van der Waals surface area contributed by atoms with E-state index in [4.69, 9.17) is 9.84 Å². The summed E-state index contributed by atoms with van der Waals surface area (Å²) in [6.07, 6.45) is 3.76. The minimum atomic E-state index is -0.941. The summed E-state index contributed by atoms with van der Waals surface area (Å²) in [6.45, 7) is 0. The molecule has 27 heavy (non-hydrogen) atoms. The molecule has 0 atom stereocenters. The van der Waals surface area contributed by atoms with Crippen LogP contribution in [0.3, 0.4) is 0 Å².